The minimum atomic E-state index is -1.26. The standard InChI is InChI=1S/C8H5Br2FO2/c9-7(10)4-1-2-5(8(12)13)6(11)3-4/h1-3,7H,(H,12,13). The van der Waals surface area contributed by atoms with E-state index in [-0.39, 0.29) is 9.30 Å². The van der Waals surface area contributed by atoms with Gasteiger partial charge in [0.05, 0.1) is 9.30 Å². The Bertz CT molecular complexity index is 339. The van der Waals surface area contributed by atoms with Gasteiger partial charge >= 0.3 is 5.97 Å². The summed E-state index contributed by atoms with van der Waals surface area (Å²) < 4.78 is 12.9. The highest BCUT2D eigenvalue weighted by Crippen LogP contribution is 2.29. The largest absolute Gasteiger partial charge is 0.478 e. The van der Waals surface area contributed by atoms with E-state index in [1.807, 2.05) is 0 Å². The fourth-order valence-electron chi connectivity index (χ4n) is 0.841. The van der Waals surface area contributed by atoms with Gasteiger partial charge in [0.2, 0.25) is 0 Å². The molecule has 0 aliphatic heterocycles. The van der Waals surface area contributed by atoms with Gasteiger partial charge in [0.25, 0.3) is 0 Å². The average Bonchev–Trinajstić information content (AvgIpc) is 2.03. The Hall–Kier alpha value is -0.420. The monoisotopic (exact) mass is 310 g/mol. The Morgan fingerprint density at radius 2 is 2.08 bits per heavy atom. The third kappa shape index (κ3) is 2.51. The number of carboxylic acids is 1. The number of hydrogen-bond donors (Lipinski definition) is 1. The van der Waals surface area contributed by atoms with Crippen molar-refractivity contribution in [2.75, 3.05) is 0 Å². The summed E-state index contributed by atoms with van der Waals surface area (Å²) in [5.41, 5.74) is 0.326. The van der Waals surface area contributed by atoms with Crippen molar-refractivity contribution >= 4 is 37.8 Å². The normalized spacial score (nSPS) is 10.5. The Kier molecular flexibility index (Phi) is 3.44. The van der Waals surface area contributed by atoms with Crippen LogP contribution in [0.15, 0.2) is 18.2 Å². The first-order chi connectivity index (χ1) is 6.02. The van der Waals surface area contributed by atoms with Gasteiger partial charge in [-0.1, -0.05) is 37.9 Å². The first kappa shape index (κ1) is 10.7. The average molecular weight is 312 g/mol. The number of halogens is 3. The molecule has 1 aromatic rings. The number of alkyl halides is 2. The molecule has 2 nitrogen and oxygen atoms in total. The van der Waals surface area contributed by atoms with E-state index in [0.29, 0.717) is 5.56 Å². The third-order valence-corrected chi connectivity index (χ3v) is 2.53. The van der Waals surface area contributed by atoms with Crippen molar-refractivity contribution < 1.29 is 14.3 Å². The highest BCUT2D eigenvalue weighted by molar-refractivity contribution is 9.24. The second-order valence-corrected chi connectivity index (χ2v) is 5.41. The van der Waals surface area contributed by atoms with E-state index >= 15 is 0 Å². The van der Waals surface area contributed by atoms with Crippen molar-refractivity contribution in [3.63, 3.8) is 0 Å². The maximum atomic E-state index is 13.0. The molecule has 1 N–H and O–H groups in total. The molecule has 0 aliphatic rings. The van der Waals surface area contributed by atoms with Gasteiger partial charge in [-0.25, -0.2) is 9.18 Å². The molecule has 0 amide bonds. The van der Waals surface area contributed by atoms with E-state index < -0.39 is 11.8 Å². The second kappa shape index (κ2) is 4.19. The van der Waals surface area contributed by atoms with Crippen LogP contribution in [0.1, 0.15) is 19.7 Å². The summed E-state index contributed by atoms with van der Waals surface area (Å²) in [6.45, 7) is 0. The summed E-state index contributed by atoms with van der Waals surface area (Å²) in [6, 6.07) is 3.96. The van der Waals surface area contributed by atoms with Crippen molar-refractivity contribution in [2.24, 2.45) is 0 Å². The van der Waals surface area contributed by atoms with Crippen LogP contribution in [0.4, 0.5) is 4.39 Å². The summed E-state index contributed by atoms with van der Waals surface area (Å²) in [7, 11) is 0. The van der Waals surface area contributed by atoms with Crippen LogP contribution < -0.4 is 0 Å². The predicted molar refractivity (Wildman–Crippen MR) is 54.0 cm³/mol. The fourth-order valence-corrected chi connectivity index (χ4v) is 1.41. The van der Waals surface area contributed by atoms with Gasteiger partial charge in [0, 0.05) is 0 Å². The molecular formula is C8H5Br2FO2. The van der Waals surface area contributed by atoms with Crippen LogP contribution in [0.2, 0.25) is 0 Å². The molecule has 1 aromatic carbocycles. The lowest BCUT2D eigenvalue weighted by Crippen LogP contribution is -2.00. The zero-order valence-electron chi connectivity index (χ0n) is 6.30. The number of hydrogen-bond acceptors (Lipinski definition) is 1. The van der Waals surface area contributed by atoms with Gasteiger partial charge in [-0.15, -0.1) is 0 Å². The fraction of sp³-hybridized carbons (Fsp3) is 0.125. The van der Waals surface area contributed by atoms with Gasteiger partial charge in [0.1, 0.15) is 5.82 Å². The maximum absolute atomic E-state index is 13.0. The van der Waals surface area contributed by atoms with E-state index in [0.717, 1.165) is 0 Å². The molecule has 1 rings (SSSR count). The van der Waals surface area contributed by atoms with Crippen LogP contribution in [-0.2, 0) is 0 Å². The quantitative estimate of drug-likeness (QED) is 0.851. The summed E-state index contributed by atoms with van der Waals surface area (Å²) in [6.07, 6.45) is 0. The molecule has 5 heteroatoms. The SMILES string of the molecule is O=C(O)c1ccc(C(Br)Br)cc1F. The first-order valence-electron chi connectivity index (χ1n) is 3.33. The number of carbonyl (C=O) groups is 1. The van der Waals surface area contributed by atoms with E-state index in [4.69, 9.17) is 5.11 Å². The number of rotatable bonds is 2. The maximum Gasteiger partial charge on any atom is 0.338 e. The zero-order chi connectivity index (χ0) is 10.0. The van der Waals surface area contributed by atoms with Crippen LogP contribution in [0.25, 0.3) is 0 Å². The molecule has 0 radical (unpaired) electrons. The number of carboxylic acid groups (broad SMARTS) is 1. The summed E-state index contributed by atoms with van der Waals surface area (Å²) >= 11 is 6.36. The second-order valence-electron chi connectivity index (χ2n) is 2.35. The van der Waals surface area contributed by atoms with Crippen molar-refractivity contribution in [2.45, 2.75) is 3.74 Å². The lowest BCUT2D eigenvalue weighted by atomic mass is 10.1. The minimum Gasteiger partial charge on any atom is -0.478 e. The molecule has 0 heterocycles. The number of benzene rings is 1. The summed E-state index contributed by atoms with van der Waals surface area (Å²) in [5.74, 6) is -1.99. The number of aromatic carboxylic acids is 1. The lowest BCUT2D eigenvalue weighted by molar-refractivity contribution is 0.0692. The molecule has 0 spiro atoms. The van der Waals surface area contributed by atoms with Gasteiger partial charge in [-0.3, -0.25) is 0 Å². The summed E-state index contributed by atoms with van der Waals surface area (Å²) in [5, 5.41) is 8.53. The zero-order valence-corrected chi connectivity index (χ0v) is 9.47. The Morgan fingerprint density at radius 1 is 1.46 bits per heavy atom. The highest BCUT2D eigenvalue weighted by Gasteiger charge is 2.12. The van der Waals surface area contributed by atoms with Gasteiger partial charge < -0.3 is 5.11 Å². The molecule has 0 saturated carbocycles. The van der Waals surface area contributed by atoms with Gasteiger partial charge in [-0.05, 0) is 17.7 Å². The van der Waals surface area contributed by atoms with E-state index in [1.54, 1.807) is 6.07 Å². The first-order valence-corrected chi connectivity index (χ1v) is 5.16. The summed E-state index contributed by atoms with van der Waals surface area (Å²) in [4.78, 5) is 10.4. The lowest BCUT2D eigenvalue weighted by Gasteiger charge is -2.03. The molecule has 13 heavy (non-hydrogen) atoms. The Balaban J connectivity index is 3.13. The van der Waals surface area contributed by atoms with E-state index in [1.165, 1.54) is 12.1 Å². The molecule has 0 atom stereocenters. The van der Waals surface area contributed by atoms with Crippen LogP contribution in [0.5, 0.6) is 0 Å². The van der Waals surface area contributed by atoms with Crippen molar-refractivity contribution in [3.8, 4) is 0 Å². The molecule has 0 aliphatic carbocycles. The van der Waals surface area contributed by atoms with Gasteiger partial charge in [-0.2, -0.15) is 0 Å². The van der Waals surface area contributed by atoms with Gasteiger partial charge in [0.15, 0.2) is 0 Å². The predicted octanol–water partition coefficient (Wildman–Crippen LogP) is 3.31. The van der Waals surface area contributed by atoms with Crippen molar-refractivity contribution in [3.05, 3.63) is 35.1 Å². The van der Waals surface area contributed by atoms with Crippen molar-refractivity contribution in [1.82, 2.24) is 0 Å². The topological polar surface area (TPSA) is 37.3 Å². The molecule has 0 fully saturated rings. The molecule has 0 bridgehead atoms. The smallest absolute Gasteiger partial charge is 0.338 e. The molecule has 0 aromatic heterocycles. The molecule has 0 saturated heterocycles. The Morgan fingerprint density at radius 3 is 2.46 bits per heavy atom. The van der Waals surface area contributed by atoms with E-state index in [2.05, 4.69) is 31.9 Å². The van der Waals surface area contributed by atoms with Crippen LogP contribution in [0.3, 0.4) is 0 Å². The van der Waals surface area contributed by atoms with Crippen LogP contribution >= 0.6 is 31.9 Å². The van der Waals surface area contributed by atoms with Crippen LogP contribution in [0, 0.1) is 5.82 Å². The minimum absolute atomic E-state index is 0.169. The van der Waals surface area contributed by atoms with Crippen LogP contribution in [-0.4, -0.2) is 11.1 Å². The molecule has 0 unspecified atom stereocenters. The highest BCUT2D eigenvalue weighted by atomic mass is 79.9. The third-order valence-electron chi connectivity index (χ3n) is 1.48. The Labute approximate surface area is 91.0 Å². The van der Waals surface area contributed by atoms with Crippen molar-refractivity contribution in [1.29, 1.82) is 0 Å². The van der Waals surface area contributed by atoms with E-state index in [9.17, 15) is 9.18 Å². The molecular weight excluding hydrogens is 307 g/mol. The molecule has 70 valence electrons.